The second-order valence-corrected chi connectivity index (χ2v) is 4.41. The Kier molecular flexibility index (Phi) is 6.80. The highest BCUT2D eigenvalue weighted by Crippen LogP contribution is 2.25. The minimum absolute atomic E-state index is 0.144. The van der Waals surface area contributed by atoms with E-state index in [0.717, 1.165) is 6.42 Å². The number of carboxylic acid groups (broad SMARTS) is 1. The van der Waals surface area contributed by atoms with E-state index in [-0.39, 0.29) is 12.5 Å². The summed E-state index contributed by atoms with van der Waals surface area (Å²) in [5, 5.41) is 11.8. The number of nitrogens with one attached hydrogen (secondary N) is 1. The molecule has 0 saturated carbocycles. The summed E-state index contributed by atoms with van der Waals surface area (Å²) < 4.78 is 0. The Hall–Kier alpha value is -1.10. The molecule has 5 nitrogen and oxygen atoms in total. The third kappa shape index (κ3) is 4.34. The first-order valence-electron chi connectivity index (χ1n) is 6.20. The fourth-order valence-electron chi connectivity index (χ4n) is 1.71. The Morgan fingerprint density at radius 1 is 1.29 bits per heavy atom. The van der Waals surface area contributed by atoms with Crippen molar-refractivity contribution in [3.63, 3.8) is 0 Å². The Morgan fingerprint density at radius 3 is 2.18 bits per heavy atom. The summed E-state index contributed by atoms with van der Waals surface area (Å²) in [5.74, 6) is -1.13. The molecule has 0 bridgehead atoms. The van der Waals surface area contributed by atoms with E-state index >= 15 is 0 Å². The quantitative estimate of drug-likeness (QED) is 0.596. The molecule has 0 radical (unpaired) electrons. The molecule has 0 aliphatic carbocycles. The van der Waals surface area contributed by atoms with Crippen molar-refractivity contribution < 1.29 is 14.7 Å². The van der Waals surface area contributed by atoms with Crippen molar-refractivity contribution in [3.8, 4) is 0 Å². The van der Waals surface area contributed by atoms with Crippen LogP contribution in [-0.2, 0) is 9.59 Å². The van der Waals surface area contributed by atoms with Crippen molar-refractivity contribution in [2.75, 3.05) is 6.54 Å². The van der Waals surface area contributed by atoms with Crippen molar-refractivity contribution in [1.82, 2.24) is 5.32 Å². The van der Waals surface area contributed by atoms with Crippen LogP contribution in [0.25, 0.3) is 0 Å². The standard InChI is InChI=1S/C12H24N2O3/c1-4-7-9(13)10(15)14-8-12(5-2,6-3)11(16)17/h9H,4-8,13H2,1-3H3,(H,14,15)(H,16,17). The molecule has 5 heteroatoms. The monoisotopic (exact) mass is 244 g/mol. The van der Waals surface area contributed by atoms with Crippen molar-refractivity contribution in [1.29, 1.82) is 0 Å². The molecular formula is C12H24N2O3. The number of carbonyl (C=O) groups is 2. The molecule has 0 saturated heterocycles. The zero-order chi connectivity index (χ0) is 13.5. The predicted molar refractivity (Wildman–Crippen MR) is 66.5 cm³/mol. The van der Waals surface area contributed by atoms with Gasteiger partial charge in [-0.3, -0.25) is 9.59 Å². The van der Waals surface area contributed by atoms with Crippen molar-refractivity contribution in [3.05, 3.63) is 0 Å². The van der Waals surface area contributed by atoms with Crippen LogP contribution in [0.3, 0.4) is 0 Å². The van der Waals surface area contributed by atoms with E-state index in [9.17, 15) is 14.7 Å². The summed E-state index contributed by atoms with van der Waals surface area (Å²) in [5.41, 5.74) is 4.78. The van der Waals surface area contributed by atoms with Crippen LogP contribution in [-0.4, -0.2) is 29.6 Å². The number of amides is 1. The molecule has 0 aliphatic rings. The molecule has 4 N–H and O–H groups in total. The predicted octanol–water partition coefficient (Wildman–Crippen LogP) is 1.12. The number of hydrogen-bond acceptors (Lipinski definition) is 3. The third-order valence-corrected chi connectivity index (χ3v) is 3.34. The third-order valence-electron chi connectivity index (χ3n) is 3.34. The number of carboxylic acids is 1. The molecule has 1 unspecified atom stereocenters. The molecular weight excluding hydrogens is 220 g/mol. The van der Waals surface area contributed by atoms with E-state index in [0.29, 0.717) is 19.3 Å². The number of hydrogen-bond donors (Lipinski definition) is 3. The molecule has 100 valence electrons. The Balaban J connectivity index is 4.41. The van der Waals surface area contributed by atoms with Gasteiger partial charge < -0.3 is 16.2 Å². The van der Waals surface area contributed by atoms with Gasteiger partial charge >= 0.3 is 5.97 Å². The van der Waals surface area contributed by atoms with Gasteiger partial charge in [-0.1, -0.05) is 27.2 Å². The molecule has 0 spiro atoms. The lowest BCUT2D eigenvalue weighted by molar-refractivity contribution is -0.149. The largest absolute Gasteiger partial charge is 0.481 e. The van der Waals surface area contributed by atoms with E-state index in [4.69, 9.17) is 5.73 Å². The molecule has 0 fully saturated rings. The lowest BCUT2D eigenvalue weighted by atomic mass is 9.82. The minimum Gasteiger partial charge on any atom is -0.481 e. The second kappa shape index (κ2) is 7.27. The fourth-order valence-corrected chi connectivity index (χ4v) is 1.71. The first-order valence-corrected chi connectivity index (χ1v) is 6.20. The van der Waals surface area contributed by atoms with Gasteiger partial charge in [0.05, 0.1) is 11.5 Å². The van der Waals surface area contributed by atoms with Crippen LogP contribution in [0.2, 0.25) is 0 Å². The van der Waals surface area contributed by atoms with Gasteiger partial charge in [-0.15, -0.1) is 0 Å². The summed E-state index contributed by atoms with van der Waals surface area (Å²) >= 11 is 0. The molecule has 17 heavy (non-hydrogen) atoms. The summed E-state index contributed by atoms with van der Waals surface area (Å²) in [6, 6.07) is -0.541. The van der Waals surface area contributed by atoms with E-state index in [2.05, 4.69) is 5.32 Å². The average molecular weight is 244 g/mol. The second-order valence-electron chi connectivity index (χ2n) is 4.41. The first kappa shape index (κ1) is 15.9. The highest BCUT2D eigenvalue weighted by molar-refractivity contribution is 5.82. The summed E-state index contributed by atoms with van der Waals surface area (Å²) in [6.07, 6.45) is 2.43. The maximum absolute atomic E-state index is 11.6. The Labute approximate surface area is 103 Å². The lowest BCUT2D eigenvalue weighted by Crippen LogP contribution is -2.47. The van der Waals surface area contributed by atoms with Crippen LogP contribution in [0.1, 0.15) is 46.5 Å². The van der Waals surface area contributed by atoms with Gasteiger partial charge in [0, 0.05) is 6.54 Å². The van der Waals surface area contributed by atoms with Crippen molar-refractivity contribution in [2.24, 2.45) is 11.1 Å². The molecule has 0 rings (SSSR count). The zero-order valence-corrected chi connectivity index (χ0v) is 11.0. The normalized spacial score (nSPS) is 13.2. The van der Waals surface area contributed by atoms with Gasteiger partial charge in [0.1, 0.15) is 0 Å². The SMILES string of the molecule is CCCC(N)C(=O)NCC(CC)(CC)C(=O)O. The number of rotatable bonds is 8. The molecule has 1 atom stereocenters. The zero-order valence-electron chi connectivity index (χ0n) is 11.0. The summed E-state index contributed by atoms with van der Waals surface area (Å²) in [7, 11) is 0. The van der Waals surface area contributed by atoms with Gasteiger partial charge in [0.25, 0.3) is 0 Å². The topological polar surface area (TPSA) is 92.4 Å². The number of aliphatic carboxylic acids is 1. The van der Waals surface area contributed by atoms with E-state index in [1.54, 1.807) is 0 Å². The first-order chi connectivity index (χ1) is 7.93. The van der Waals surface area contributed by atoms with E-state index in [1.807, 2.05) is 20.8 Å². The molecule has 1 amide bonds. The number of nitrogens with two attached hydrogens (primary N) is 1. The molecule has 0 aliphatic heterocycles. The Morgan fingerprint density at radius 2 is 1.82 bits per heavy atom. The fraction of sp³-hybridized carbons (Fsp3) is 0.833. The van der Waals surface area contributed by atoms with Crippen LogP contribution in [0, 0.1) is 5.41 Å². The van der Waals surface area contributed by atoms with Crippen LogP contribution >= 0.6 is 0 Å². The van der Waals surface area contributed by atoms with Crippen molar-refractivity contribution >= 4 is 11.9 Å². The van der Waals surface area contributed by atoms with E-state index in [1.165, 1.54) is 0 Å². The Bertz CT molecular complexity index is 262. The number of carbonyl (C=O) groups excluding carboxylic acids is 1. The molecule has 0 aromatic heterocycles. The molecule has 0 aromatic rings. The van der Waals surface area contributed by atoms with Crippen LogP contribution in [0.15, 0.2) is 0 Å². The van der Waals surface area contributed by atoms with Crippen molar-refractivity contribution in [2.45, 2.75) is 52.5 Å². The summed E-state index contributed by atoms with van der Waals surface area (Å²) in [4.78, 5) is 22.8. The smallest absolute Gasteiger partial charge is 0.311 e. The van der Waals surface area contributed by atoms with Crippen LogP contribution < -0.4 is 11.1 Å². The van der Waals surface area contributed by atoms with Crippen LogP contribution in [0.4, 0.5) is 0 Å². The molecule has 0 aromatic carbocycles. The highest BCUT2D eigenvalue weighted by atomic mass is 16.4. The average Bonchev–Trinajstić information content (AvgIpc) is 2.30. The maximum atomic E-state index is 11.6. The lowest BCUT2D eigenvalue weighted by Gasteiger charge is -2.27. The van der Waals surface area contributed by atoms with Gasteiger partial charge in [0.15, 0.2) is 0 Å². The van der Waals surface area contributed by atoms with Gasteiger partial charge in [-0.2, -0.15) is 0 Å². The molecule has 0 heterocycles. The van der Waals surface area contributed by atoms with Gasteiger partial charge in [-0.25, -0.2) is 0 Å². The maximum Gasteiger partial charge on any atom is 0.311 e. The van der Waals surface area contributed by atoms with Gasteiger partial charge in [-0.05, 0) is 19.3 Å². The van der Waals surface area contributed by atoms with E-state index < -0.39 is 17.4 Å². The summed E-state index contributed by atoms with van der Waals surface area (Å²) in [6.45, 7) is 5.73. The van der Waals surface area contributed by atoms with Gasteiger partial charge in [0.2, 0.25) is 5.91 Å². The highest BCUT2D eigenvalue weighted by Gasteiger charge is 2.35. The minimum atomic E-state index is -0.873. The van der Waals surface area contributed by atoms with Crippen LogP contribution in [0.5, 0.6) is 0 Å².